The molecule has 0 aliphatic carbocycles. The Labute approximate surface area is 71.1 Å². The van der Waals surface area contributed by atoms with E-state index in [0.29, 0.717) is 6.04 Å². The highest BCUT2D eigenvalue weighted by atomic mass is 15.1. The van der Waals surface area contributed by atoms with Crippen molar-refractivity contribution < 1.29 is 0 Å². The number of nitrogens with zero attached hydrogens (tertiary/aromatic N) is 1. The van der Waals surface area contributed by atoms with Gasteiger partial charge in [0.05, 0.1) is 0 Å². The first-order valence-corrected chi connectivity index (χ1v) is 4.29. The highest BCUT2D eigenvalue weighted by Crippen LogP contribution is 2.08. The normalized spacial score (nSPS) is 14.1. The molecule has 1 atom stereocenters. The van der Waals surface area contributed by atoms with E-state index in [0.717, 1.165) is 12.5 Å². The molecule has 0 heterocycles. The maximum absolute atomic E-state index is 3.90. The molecule has 0 N–H and O–H groups in total. The van der Waals surface area contributed by atoms with Crippen LogP contribution in [0.2, 0.25) is 0 Å². The van der Waals surface area contributed by atoms with Gasteiger partial charge in [-0.1, -0.05) is 26.0 Å². The summed E-state index contributed by atoms with van der Waals surface area (Å²) in [6.45, 7) is 13.7. The van der Waals surface area contributed by atoms with Crippen LogP contribution in [0.25, 0.3) is 0 Å². The standard InChI is InChI=1S/C10H21N/c1-8(2)7-11(6)10(5)9(3)4/h9-10H,1,7H2,2-6H3. The zero-order chi connectivity index (χ0) is 9.02. The van der Waals surface area contributed by atoms with E-state index in [1.54, 1.807) is 0 Å². The third-order valence-corrected chi connectivity index (χ3v) is 2.18. The van der Waals surface area contributed by atoms with Gasteiger partial charge in [-0.25, -0.2) is 0 Å². The number of likely N-dealkylation sites (N-methyl/N-ethyl adjacent to an activating group) is 1. The lowest BCUT2D eigenvalue weighted by Crippen LogP contribution is -2.34. The minimum Gasteiger partial charge on any atom is -0.300 e. The van der Waals surface area contributed by atoms with Crippen LogP contribution in [0.1, 0.15) is 27.7 Å². The van der Waals surface area contributed by atoms with Crippen molar-refractivity contribution in [3.8, 4) is 0 Å². The lowest BCUT2D eigenvalue weighted by atomic mass is 10.1. The lowest BCUT2D eigenvalue weighted by molar-refractivity contribution is 0.224. The van der Waals surface area contributed by atoms with Crippen LogP contribution < -0.4 is 0 Å². The van der Waals surface area contributed by atoms with Gasteiger partial charge in [-0.05, 0) is 26.8 Å². The maximum atomic E-state index is 3.90. The second-order valence-corrected chi connectivity index (χ2v) is 3.86. The molecule has 0 fully saturated rings. The van der Waals surface area contributed by atoms with Crippen molar-refractivity contribution in [2.45, 2.75) is 33.7 Å². The summed E-state index contributed by atoms with van der Waals surface area (Å²) in [6.07, 6.45) is 0. The van der Waals surface area contributed by atoms with Crippen LogP contribution in [-0.4, -0.2) is 24.5 Å². The van der Waals surface area contributed by atoms with Crippen molar-refractivity contribution in [2.24, 2.45) is 5.92 Å². The maximum Gasteiger partial charge on any atom is 0.0187 e. The summed E-state index contributed by atoms with van der Waals surface area (Å²) in [6, 6.07) is 0.645. The molecule has 0 aromatic carbocycles. The molecule has 0 amide bonds. The zero-order valence-corrected chi connectivity index (χ0v) is 8.52. The molecular formula is C10H21N. The largest absolute Gasteiger partial charge is 0.300 e. The molecule has 0 aromatic rings. The van der Waals surface area contributed by atoms with Gasteiger partial charge in [0.15, 0.2) is 0 Å². The van der Waals surface area contributed by atoms with Crippen molar-refractivity contribution in [3.63, 3.8) is 0 Å². The Morgan fingerprint density at radius 3 is 2.09 bits per heavy atom. The summed E-state index contributed by atoms with van der Waals surface area (Å²) in [4.78, 5) is 2.34. The Balaban J connectivity index is 3.82. The average molecular weight is 155 g/mol. The van der Waals surface area contributed by atoms with Crippen LogP contribution in [-0.2, 0) is 0 Å². The monoisotopic (exact) mass is 155 g/mol. The molecule has 0 aliphatic heterocycles. The van der Waals surface area contributed by atoms with Gasteiger partial charge in [-0.2, -0.15) is 0 Å². The SMILES string of the molecule is C=C(C)CN(C)C(C)C(C)C. The highest BCUT2D eigenvalue weighted by Gasteiger charge is 2.11. The Morgan fingerprint density at radius 1 is 1.36 bits per heavy atom. The quantitative estimate of drug-likeness (QED) is 0.564. The molecule has 0 saturated heterocycles. The molecule has 0 radical (unpaired) electrons. The smallest absolute Gasteiger partial charge is 0.0187 e. The predicted octanol–water partition coefficient (Wildman–Crippen LogP) is 2.54. The van der Waals surface area contributed by atoms with E-state index < -0.39 is 0 Å². The first-order valence-electron chi connectivity index (χ1n) is 4.29. The Kier molecular flexibility index (Phi) is 4.43. The van der Waals surface area contributed by atoms with Crippen molar-refractivity contribution in [1.82, 2.24) is 4.90 Å². The van der Waals surface area contributed by atoms with Crippen LogP contribution in [0.15, 0.2) is 12.2 Å². The van der Waals surface area contributed by atoms with E-state index in [4.69, 9.17) is 0 Å². The van der Waals surface area contributed by atoms with E-state index in [-0.39, 0.29) is 0 Å². The minimum absolute atomic E-state index is 0.645. The number of hydrogen-bond donors (Lipinski definition) is 0. The number of hydrogen-bond acceptors (Lipinski definition) is 1. The lowest BCUT2D eigenvalue weighted by Gasteiger charge is -2.27. The second kappa shape index (κ2) is 4.55. The fraction of sp³-hybridized carbons (Fsp3) is 0.800. The van der Waals surface area contributed by atoms with Gasteiger partial charge in [-0.15, -0.1) is 0 Å². The van der Waals surface area contributed by atoms with Crippen molar-refractivity contribution in [2.75, 3.05) is 13.6 Å². The molecule has 0 rings (SSSR count). The van der Waals surface area contributed by atoms with Crippen LogP contribution in [0.4, 0.5) is 0 Å². The Hall–Kier alpha value is -0.300. The molecule has 0 saturated carbocycles. The van der Waals surface area contributed by atoms with Crippen LogP contribution in [0, 0.1) is 5.92 Å². The van der Waals surface area contributed by atoms with E-state index in [1.165, 1.54) is 5.57 Å². The minimum atomic E-state index is 0.645. The summed E-state index contributed by atoms with van der Waals surface area (Å²) >= 11 is 0. The molecule has 0 spiro atoms. The zero-order valence-electron chi connectivity index (χ0n) is 8.52. The van der Waals surface area contributed by atoms with Gasteiger partial charge in [0.25, 0.3) is 0 Å². The van der Waals surface area contributed by atoms with E-state index in [9.17, 15) is 0 Å². The second-order valence-electron chi connectivity index (χ2n) is 3.86. The molecule has 66 valence electrons. The van der Waals surface area contributed by atoms with Gasteiger partial charge < -0.3 is 0 Å². The first kappa shape index (κ1) is 10.7. The summed E-state index contributed by atoms with van der Waals surface area (Å²) in [5.74, 6) is 0.722. The van der Waals surface area contributed by atoms with Crippen LogP contribution in [0.5, 0.6) is 0 Å². The van der Waals surface area contributed by atoms with Gasteiger partial charge >= 0.3 is 0 Å². The molecule has 0 aromatic heterocycles. The summed E-state index contributed by atoms with van der Waals surface area (Å²) in [7, 11) is 2.15. The third-order valence-electron chi connectivity index (χ3n) is 2.18. The average Bonchev–Trinajstić information content (AvgIpc) is 1.84. The fourth-order valence-corrected chi connectivity index (χ4v) is 1.08. The molecular weight excluding hydrogens is 134 g/mol. The first-order chi connectivity index (χ1) is 4.95. The molecule has 11 heavy (non-hydrogen) atoms. The van der Waals surface area contributed by atoms with Crippen molar-refractivity contribution >= 4 is 0 Å². The topological polar surface area (TPSA) is 3.24 Å². The van der Waals surface area contributed by atoms with Gasteiger partial charge in [0, 0.05) is 12.6 Å². The van der Waals surface area contributed by atoms with Crippen LogP contribution >= 0.6 is 0 Å². The molecule has 1 heteroatoms. The molecule has 0 bridgehead atoms. The van der Waals surface area contributed by atoms with Crippen molar-refractivity contribution in [3.05, 3.63) is 12.2 Å². The van der Waals surface area contributed by atoms with Gasteiger partial charge in [0.1, 0.15) is 0 Å². The Bertz CT molecular complexity index is 127. The summed E-state index contributed by atoms with van der Waals surface area (Å²) in [5, 5.41) is 0. The van der Waals surface area contributed by atoms with E-state index in [2.05, 4.69) is 46.2 Å². The highest BCUT2D eigenvalue weighted by molar-refractivity contribution is 4.92. The summed E-state index contributed by atoms with van der Waals surface area (Å²) < 4.78 is 0. The third kappa shape index (κ3) is 4.20. The molecule has 1 nitrogen and oxygen atoms in total. The van der Waals surface area contributed by atoms with E-state index >= 15 is 0 Å². The van der Waals surface area contributed by atoms with Gasteiger partial charge in [-0.3, -0.25) is 4.90 Å². The van der Waals surface area contributed by atoms with Crippen LogP contribution in [0.3, 0.4) is 0 Å². The number of rotatable bonds is 4. The molecule has 0 aliphatic rings. The Morgan fingerprint density at radius 2 is 1.82 bits per heavy atom. The van der Waals surface area contributed by atoms with E-state index in [1.807, 2.05) is 0 Å². The summed E-state index contributed by atoms with van der Waals surface area (Å²) in [5.41, 5.74) is 1.24. The molecule has 1 unspecified atom stereocenters. The van der Waals surface area contributed by atoms with Gasteiger partial charge in [0.2, 0.25) is 0 Å². The van der Waals surface area contributed by atoms with Crippen molar-refractivity contribution in [1.29, 1.82) is 0 Å². The fourth-order valence-electron chi connectivity index (χ4n) is 1.08. The predicted molar refractivity (Wildman–Crippen MR) is 51.7 cm³/mol.